The molecule has 0 saturated carbocycles. The Balaban J connectivity index is 1.77. The highest BCUT2D eigenvalue weighted by atomic mass is 32.2. The van der Waals surface area contributed by atoms with Gasteiger partial charge >= 0.3 is 6.03 Å². The van der Waals surface area contributed by atoms with Crippen LogP contribution >= 0.6 is 0 Å². The van der Waals surface area contributed by atoms with Crippen molar-refractivity contribution in [2.75, 3.05) is 23.4 Å². The number of nitrogens with zero attached hydrogens (tertiary/aromatic N) is 3. The number of anilines is 1. The molecule has 1 aliphatic heterocycles. The number of carbonyl (C=O) groups is 1. The lowest BCUT2D eigenvalue weighted by molar-refractivity contribution is 0.199. The fourth-order valence-electron chi connectivity index (χ4n) is 2.74. The minimum Gasteiger partial charge on any atom is -0.321 e. The molecule has 1 aliphatic rings. The van der Waals surface area contributed by atoms with E-state index >= 15 is 0 Å². The Hall–Kier alpha value is -2.22. The van der Waals surface area contributed by atoms with Crippen LogP contribution in [0, 0.1) is 0 Å². The summed E-state index contributed by atoms with van der Waals surface area (Å²) in [5.41, 5.74) is 0.750. The molecule has 1 saturated heterocycles. The van der Waals surface area contributed by atoms with Crippen LogP contribution < -0.4 is 5.32 Å². The molecule has 122 valence electrons. The van der Waals surface area contributed by atoms with E-state index in [9.17, 15) is 13.2 Å². The fourth-order valence-corrected chi connectivity index (χ4v) is 4.40. The third kappa shape index (κ3) is 3.58. The van der Waals surface area contributed by atoms with Crippen LogP contribution in [0.25, 0.3) is 10.9 Å². The largest absolute Gasteiger partial charge is 0.323 e. The highest BCUT2D eigenvalue weighted by molar-refractivity contribution is 7.91. The number of amides is 2. The number of aromatic nitrogens is 2. The maximum Gasteiger partial charge on any atom is 0.323 e. The van der Waals surface area contributed by atoms with Gasteiger partial charge in [-0.3, -0.25) is 5.32 Å². The van der Waals surface area contributed by atoms with Crippen molar-refractivity contribution in [2.24, 2.45) is 0 Å². The van der Waals surface area contributed by atoms with Crippen LogP contribution in [0.15, 0.2) is 30.3 Å². The predicted octanol–water partition coefficient (Wildman–Crippen LogP) is 1.67. The summed E-state index contributed by atoms with van der Waals surface area (Å²) in [7, 11) is -3.09. The van der Waals surface area contributed by atoms with E-state index in [1.54, 1.807) is 17.9 Å². The first-order chi connectivity index (χ1) is 10.9. The maximum absolute atomic E-state index is 12.4. The summed E-state index contributed by atoms with van der Waals surface area (Å²) in [5, 5.41) is 11.6. The van der Waals surface area contributed by atoms with Gasteiger partial charge in [0.25, 0.3) is 0 Å². The molecule has 23 heavy (non-hydrogen) atoms. The first-order valence-corrected chi connectivity index (χ1v) is 9.27. The lowest BCUT2D eigenvalue weighted by Gasteiger charge is -2.26. The molecule has 1 unspecified atom stereocenters. The van der Waals surface area contributed by atoms with E-state index in [2.05, 4.69) is 15.5 Å². The number of carbonyl (C=O) groups excluding carboxylic acids is 1. The van der Waals surface area contributed by atoms with Crippen molar-refractivity contribution in [1.82, 2.24) is 15.1 Å². The molecule has 2 heterocycles. The van der Waals surface area contributed by atoms with E-state index in [-0.39, 0.29) is 23.6 Å². The van der Waals surface area contributed by atoms with Crippen molar-refractivity contribution < 1.29 is 13.2 Å². The molecule has 1 N–H and O–H groups in total. The molecular formula is C15H18N4O3S. The summed E-state index contributed by atoms with van der Waals surface area (Å²) in [4.78, 5) is 14.0. The summed E-state index contributed by atoms with van der Waals surface area (Å²) in [6, 6.07) is 8.53. The SMILES string of the molecule is CC1CS(=O)(=O)CCCN1C(=O)Nc1cc2ccccc2nn1. The van der Waals surface area contributed by atoms with Gasteiger partial charge < -0.3 is 4.90 Å². The van der Waals surface area contributed by atoms with Crippen LogP contribution in [0.2, 0.25) is 0 Å². The Kier molecular flexibility index (Phi) is 4.16. The maximum atomic E-state index is 12.4. The Morgan fingerprint density at radius 3 is 2.91 bits per heavy atom. The standard InChI is InChI=1S/C15H18N4O3S/c1-11-10-23(21,22)8-4-7-19(11)15(20)16-14-9-12-5-2-3-6-13(12)17-18-14/h2-3,5-6,9,11H,4,7-8,10H2,1H3,(H,16,18,20). The number of fused-ring (bicyclic) bond motifs is 1. The minimum absolute atomic E-state index is 0.0101. The number of nitrogens with one attached hydrogen (secondary N) is 1. The van der Waals surface area contributed by atoms with Gasteiger partial charge in [-0.1, -0.05) is 18.2 Å². The molecule has 3 rings (SSSR count). The number of hydrogen-bond donors (Lipinski definition) is 1. The normalized spacial score (nSPS) is 20.9. The summed E-state index contributed by atoms with van der Waals surface area (Å²) in [5.74, 6) is 0.466. The topological polar surface area (TPSA) is 92.3 Å². The Morgan fingerprint density at radius 2 is 2.09 bits per heavy atom. The molecule has 2 amide bonds. The van der Waals surface area contributed by atoms with Crippen molar-refractivity contribution in [3.8, 4) is 0 Å². The average Bonchev–Trinajstić information content (AvgIpc) is 2.64. The molecule has 2 aromatic rings. The number of benzene rings is 1. The van der Waals surface area contributed by atoms with Crippen molar-refractivity contribution in [2.45, 2.75) is 19.4 Å². The number of urea groups is 1. The van der Waals surface area contributed by atoms with E-state index in [4.69, 9.17) is 0 Å². The Morgan fingerprint density at radius 1 is 1.30 bits per heavy atom. The van der Waals surface area contributed by atoms with Crippen molar-refractivity contribution in [3.63, 3.8) is 0 Å². The molecular weight excluding hydrogens is 316 g/mol. The van der Waals surface area contributed by atoms with Crippen LogP contribution in [-0.2, 0) is 9.84 Å². The van der Waals surface area contributed by atoms with Crippen LogP contribution in [0.3, 0.4) is 0 Å². The van der Waals surface area contributed by atoms with Gasteiger partial charge in [0, 0.05) is 18.0 Å². The zero-order valence-electron chi connectivity index (χ0n) is 12.8. The highest BCUT2D eigenvalue weighted by Gasteiger charge is 2.28. The zero-order chi connectivity index (χ0) is 16.4. The van der Waals surface area contributed by atoms with Gasteiger partial charge in [0.2, 0.25) is 0 Å². The van der Waals surface area contributed by atoms with E-state index < -0.39 is 9.84 Å². The average molecular weight is 334 g/mol. The van der Waals surface area contributed by atoms with Crippen LogP contribution in [-0.4, -0.2) is 53.6 Å². The number of hydrogen-bond acceptors (Lipinski definition) is 5. The lowest BCUT2D eigenvalue weighted by Crippen LogP contribution is -2.43. The van der Waals surface area contributed by atoms with Gasteiger partial charge in [-0.05, 0) is 25.5 Å². The van der Waals surface area contributed by atoms with Gasteiger partial charge in [0.15, 0.2) is 15.7 Å². The Bertz CT molecular complexity index is 837. The van der Waals surface area contributed by atoms with Crippen molar-refractivity contribution in [1.29, 1.82) is 0 Å². The fraction of sp³-hybridized carbons (Fsp3) is 0.400. The van der Waals surface area contributed by atoms with E-state index in [0.29, 0.717) is 18.8 Å². The molecule has 7 nitrogen and oxygen atoms in total. The minimum atomic E-state index is -3.09. The Labute approximate surface area is 134 Å². The second-order valence-electron chi connectivity index (χ2n) is 5.73. The van der Waals surface area contributed by atoms with Crippen LogP contribution in [0.4, 0.5) is 10.6 Å². The van der Waals surface area contributed by atoms with E-state index in [1.165, 1.54) is 0 Å². The molecule has 1 aromatic heterocycles. The van der Waals surface area contributed by atoms with E-state index in [1.807, 2.05) is 24.3 Å². The first kappa shape index (κ1) is 15.7. The summed E-state index contributed by atoms with van der Waals surface area (Å²) < 4.78 is 23.5. The zero-order valence-corrected chi connectivity index (χ0v) is 13.6. The molecule has 0 radical (unpaired) electrons. The smallest absolute Gasteiger partial charge is 0.321 e. The second kappa shape index (κ2) is 6.11. The molecule has 1 aromatic carbocycles. The third-order valence-electron chi connectivity index (χ3n) is 3.87. The highest BCUT2D eigenvalue weighted by Crippen LogP contribution is 2.16. The van der Waals surface area contributed by atoms with E-state index in [0.717, 1.165) is 10.9 Å². The monoisotopic (exact) mass is 334 g/mol. The third-order valence-corrected chi connectivity index (χ3v) is 5.77. The van der Waals surface area contributed by atoms with Gasteiger partial charge in [-0.15, -0.1) is 10.2 Å². The van der Waals surface area contributed by atoms with Gasteiger partial charge in [-0.2, -0.15) is 0 Å². The lowest BCUT2D eigenvalue weighted by atomic mass is 10.2. The first-order valence-electron chi connectivity index (χ1n) is 7.45. The molecule has 1 atom stereocenters. The molecule has 0 bridgehead atoms. The predicted molar refractivity (Wildman–Crippen MR) is 88.0 cm³/mol. The molecule has 1 fully saturated rings. The van der Waals surface area contributed by atoms with Crippen LogP contribution in [0.1, 0.15) is 13.3 Å². The molecule has 0 aliphatic carbocycles. The second-order valence-corrected chi connectivity index (χ2v) is 7.96. The molecule has 0 spiro atoms. The van der Waals surface area contributed by atoms with Crippen molar-refractivity contribution in [3.05, 3.63) is 30.3 Å². The van der Waals surface area contributed by atoms with Crippen molar-refractivity contribution >= 4 is 32.6 Å². The number of rotatable bonds is 1. The molecule has 8 heteroatoms. The van der Waals surface area contributed by atoms with Gasteiger partial charge in [-0.25, -0.2) is 13.2 Å². The van der Waals surface area contributed by atoms with Gasteiger partial charge in [0.05, 0.1) is 17.0 Å². The van der Waals surface area contributed by atoms with Crippen LogP contribution in [0.5, 0.6) is 0 Å². The summed E-state index contributed by atoms with van der Waals surface area (Å²) >= 11 is 0. The quantitative estimate of drug-likeness (QED) is 0.856. The summed E-state index contributed by atoms with van der Waals surface area (Å²) in [6.07, 6.45) is 0.448. The summed E-state index contributed by atoms with van der Waals surface area (Å²) in [6.45, 7) is 2.15. The van der Waals surface area contributed by atoms with Gasteiger partial charge in [0.1, 0.15) is 0 Å². The number of sulfone groups is 1.